The summed E-state index contributed by atoms with van der Waals surface area (Å²) in [5, 5.41) is 17.7. The largest absolute Gasteiger partial charge is 0.490 e. The summed E-state index contributed by atoms with van der Waals surface area (Å²) in [4.78, 5) is 32.9. The number of benzene rings is 2. The van der Waals surface area contributed by atoms with E-state index in [0.717, 1.165) is 44.8 Å². The van der Waals surface area contributed by atoms with Gasteiger partial charge in [-0.2, -0.15) is 26.3 Å². The number of rotatable bonds is 5. The van der Waals surface area contributed by atoms with Crippen LogP contribution in [0.15, 0.2) is 54.6 Å². The van der Waals surface area contributed by atoms with Gasteiger partial charge in [0.2, 0.25) is 0 Å². The molecule has 2 aliphatic rings. The second kappa shape index (κ2) is 14.8. The minimum atomic E-state index is -5.08. The maximum Gasteiger partial charge on any atom is 0.490 e. The molecule has 2 aromatic rings. The molecule has 4 rings (SSSR count). The van der Waals surface area contributed by atoms with Crippen molar-refractivity contribution in [1.82, 2.24) is 10.2 Å². The Hall–Kier alpha value is -3.72. The van der Waals surface area contributed by atoms with Gasteiger partial charge in [-0.1, -0.05) is 18.2 Å². The number of piperidine rings is 1. The van der Waals surface area contributed by atoms with E-state index in [1.54, 1.807) is 12.1 Å². The van der Waals surface area contributed by atoms with Crippen molar-refractivity contribution < 1.29 is 60.1 Å². The van der Waals surface area contributed by atoms with Crippen LogP contribution in [0.1, 0.15) is 23.2 Å². The Morgan fingerprint density at radius 2 is 1.29 bits per heavy atom. The third kappa shape index (κ3) is 11.0. The zero-order valence-corrected chi connectivity index (χ0v) is 21.3. The number of Topliss-reactive ketones (excluding diaryl/α,β-unsaturated/α-hetero) is 1. The topological polar surface area (TPSA) is 116 Å². The Labute approximate surface area is 229 Å². The van der Waals surface area contributed by atoms with Crippen LogP contribution in [0.3, 0.4) is 0 Å². The summed E-state index contributed by atoms with van der Waals surface area (Å²) >= 11 is 0. The molecule has 2 aliphatic heterocycles. The van der Waals surface area contributed by atoms with Crippen molar-refractivity contribution in [3.8, 4) is 5.75 Å². The SMILES string of the molecule is O=C(O)C(F)(F)F.O=C(O)C(F)(F)F.O=C(c1ccc(F)cc1)C1CCN(C2CNCC2Oc2ccccc2)CC1. The number of carbonyl (C=O) groups is 3. The van der Waals surface area contributed by atoms with Crippen LogP contribution in [0.4, 0.5) is 30.7 Å². The van der Waals surface area contributed by atoms with Crippen molar-refractivity contribution in [3.63, 3.8) is 0 Å². The number of carboxylic acid groups (broad SMARTS) is 2. The third-order valence-corrected chi connectivity index (χ3v) is 6.14. The van der Waals surface area contributed by atoms with Crippen molar-refractivity contribution in [2.45, 2.75) is 37.3 Å². The Bertz CT molecular complexity index is 1110. The summed E-state index contributed by atoms with van der Waals surface area (Å²) in [6.07, 6.45) is -8.37. The number of ether oxygens (including phenoxy) is 1. The molecule has 0 amide bonds. The molecule has 2 unspecified atom stereocenters. The molecule has 41 heavy (non-hydrogen) atoms. The number of carboxylic acids is 2. The maximum atomic E-state index is 13.1. The molecule has 2 heterocycles. The molecule has 8 nitrogen and oxygen atoms in total. The van der Waals surface area contributed by atoms with E-state index in [4.69, 9.17) is 24.5 Å². The van der Waals surface area contributed by atoms with Crippen LogP contribution < -0.4 is 10.1 Å². The van der Waals surface area contributed by atoms with Gasteiger partial charge in [-0.05, 0) is 62.3 Å². The monoisotopic (exact) mass is 596 g/mol. The molecule has 0 aliphatic carbocycles. The van der Waals surface area contributed by atoms with E-state index in [1.165, 1.54) is 12.1 Å². The van der Waals surface area contributed by atoms with Crippen LogP contribution in [0.5, 0.6) is 5.75 Å². The summed E-state index contributed by atoms with van der Waals surface area (Å²) in [7, 11) is 0. The number of hydrogen-bond acceptors (Lipinski definition) is 6. The highest BCUT2D eigenvalue weighted by Crippen LogP contribution is 2.26. The molecule has 0 saturated carbocycles. The zero-order valence-electron chi connectivity index (χ0n) is 21.3. The zero-order chi connectivity index (χ0) is 30.8. The lowest BCUT2D eigenvalue weighted by Gasteiger charge is -2.37. The van der Waals surface area contributed by atoms with E-state index < -0.39 is 24.3 Å². The molecule has 0 spiro atoms. The third-order valence-electron chi connectivity index (χ3n) is 6.14. The molecule has 2 aromatic carbocycles. The highest BCUT2D eigenvalue weighted by molar-refractivity contribution is 5.97. The van der Waals surface area contributed by atoms with Crippen molar-refractivity contribution >= 4 is 17.7 Å². The van der Waals surface area contributed by atoms with Gasteiger partial charge in [-0.3, -0.25) is 9.69 Å². The van der Waals surface area contributed by atoms with Gasteiger partial charge >= 0.3 is 24.3 Å². The fourth-order valence-corrected chi connectivity index (χ4v) is 4.14. The van der Waals surface area contributed by atoms with Gasteiger partial charge in [0.05, 0.1) is 6.04 Å². The van der Waals surface area contributed by atoms with Crippen molar-refractivity contribution in [2.75, 3.05) is 26.2 Å². The number of likely N-dealkylation sites (tertiary alicyclic amines) is 1. The fourth-order valence-electron chi connectivity index (χ4n) is 4.14. The summed E-state index contributed by atoms with van der Waals surface area (Å²) in [5.41, 5.74) is 0.614. The summed E-state index contributed by atoms with van der Waals surface area (Å²) in [5.74, 6) is -4.76. The molecular weight excluding hydrogens is 569 g/mol. The highest BCUT2D eigenvalue weighted by Gasteiger charge is 2.39. The molecule has 2 saturated heterocycles. The van der Waals surface area contributed by atoms with E-state index in [-0.39, 0.29) is 23.6 Å². The Balaban J connectivity index is 0.000000349. The van der Waals surface area contributed by atoms with Gasteiger partial charge in [0, 0.05) is 24.6 Å². The number of ketones is 1. The predicted octanol–water partition coefficient (Wildman–Crippen LogP) is 4.41. The number of hydrogen-bond donors (Lipinski definition) is 3. The van der Waals surface area contributed by atoms with Crippen molar-refractivity contribution in [2.24, 2.45) is 5.92 Å². The van der Waals surface area contributed by atoms with Crippen LogP contribution in [-0.4, -0.2) is 83.5 Å². The quantitative estimate of drug-likeness (QED) is 0.344. The van der Waals surface area contributed by atoms with E-state index in [1.807, 2.05) is 30.3 Å². The van der Waals surface area contributed by atoms with Gasteiger partial charge in [0.1, 0.15) is 17.7 Å². The lowest BCUT2D eigenvalue weighted by atomic mass is 9.88. The van der Waals surface area contributed by atoms with Gasteiger partial charge in [0.25, 0.3) is 0 Å². The summed E-state index contributed by atoms with van der Waals surface area (Å²) in [6.45, 7) is 3.53. The van der Waals surface area contributed by atoms with Gasteiger partial charge in [-0.25, -0.2) is 14.0 Å². The molecule has 0 bridgehead atoms. The van der Waals surface area contributed by atoms with Crippen LogP contribution in [0, 0.1) is 11.7 Å². The lowest BCUT2D eigenvalue weighted by Crippen LogP contribution is -2.49. The van der Waals surface area contributed by atoms with Crippen LogP contribution in [0.2, 0.25) is 0 Å². The normalized spacial score (nSPS) is 19.7. The van der Waals surface area contributed by atoms with Gasteiger partial charge in [-0.15, -0.1) is 0 Å². The number of halogens is 7. The standard InChI is InChI=1S/C22H25FN2O2.2C2HF3O2/c23-18-8-6-16(7-9-18)22(26)17-10-12-25(13-11-17)20-14-24-15-21(20)27-19-4-2-1-3-5-19;2*3-2(4,5)1(6)7/h1-9,17,20-21,24H,10-15H2;2*(H,6,7). The predicted molar refractivity (Wildman–Crippen MR) is 130 cm³/mol. The maximum absolute atomic E-state index is 13.1. The second-order valence-electron chi connectivity index (χ2n) is 8.98. The average Bonchev–Trinajstić information content (AvgIpc) is 3.37. The van der Waals surface area contributed by atoms with Crippen molar-refractivity contribution in [1.29, 1.82) is 0 Å². The first-order valence-electron chi connectivity index (χ1n) is 12.2. The minimum Gasteiger partial charge on any atom is -0.487 e. The Morgan fingerprint density at radius 1 is 0.805 bits per heavy atom. The molecule has 2 atom stereocenters. The molecule has 0 aromatic heterocycles. The highest BCUT2D eigenvalue weighted by atomic mass is 19.4. The van der Waals surface area contributed by atoms with E-state index >= 15 is 0 Å². The molecule has 15 heteroatoms. The van der Waals surface area contributed by atoms with Crippen LogP contribution in [0.25, 0.3) is 0 Å². The van der Waals surface area contributed by atoms with Crippen LogP contribution in [-0.2, 0) is 9.59 Å². The number of para-hydroxylation sites is 1. The molecule has 226 valence electrons. The molecule has 0 radical (unpaired) electrons. The number of nitrogens with zero attached hydrogens (tertiary/aromatic N) is 1. The fraction of sp³-hybridized carbons (Fsp3) is 0.423. The van der Waals surface area contributed by atoms with E-state index in [0.29, 0.717) is 11.6 Å². The summed E-state index contributed by atoms with van der Waals surface area (Å²) < 4.78 is 82.7. The van der Waals surface area contributed by atoms with Crippen molar-refractivity contribution in [3.05, 3.63) is 66.0 Å². The average molecular weight is 596 g/mol. The second-order valence-corrected chi connectivity index (χ2v) is 8.98. The molecule has 3 N–H and O–H groups in total. The van der Waals surface area contributed by atoms with Gasteiger partial charge < -0.3 is 20.3 Å². The lowest BCUT2D eigenvalue weighted by molar-refractivity contribution is -0.193. The molecule has 2 fully saturated rings. The summed E-state index contributed by atoms with van der Waals surface area (Å²) in [6, 6.07) is 16.2. The van der Waals surface area contributed by atoms with E-state index in [2.05, 4.69) is 10.2 Å². The first-order chi connectivity index (χ1) is 19.1. The molecular formula is C26H27F7N2O6. The Morgan fingerprint density at radius 3 is 1.76 bits per heavy atom. The Kier molecular flexibility index (Phi) is 12.1. The number of carbonyl (C=O) groups excluding carboxylic acids is 1. The first kappa shape index (κ1) is 33.5. The smallest absolute Gasteiger partial charge is 0.487 e. The number of aliphatic carboxylic acids is 2. The number of nitrogens with one attached hydrogen (secondary N) is 1. The minimum absolute atomic E-state index is 0.0227. The number of alkyl halides is 6. The van der Waals surface area contributed by atoms with Gasteiger partial charge in [0.15, 0.2) is 5.78 Å². The first-order valence-corrected chi connectivity index (χ1v) is 12.2. The van der Waals surface area contributed by atoms with Crippen LogP contribution >= 0.6 is 0 Å². The van der Waals surface area contributed by atoms with E-state index in [9.17, 15) is 35.5 Å².